The van der Waals surface area contributed by atoms with E-state index in [9.17, 15) is 0 Å². The zero-order chi connectivity index (χ0) is 13.1. The smallest absolute Gasteiger partial charge is 0.216 e. The molecule has 2 aromatic heterocycles. The quantitative estimate of drug-likeness (QED) is 0.702. The van der Waals surface area contributed by atoms with Gasteiger partial charge in [-0.2, -0.15) is 14.8 Å². The first-order valence-electron chi connectivity index (χ1n) is 5.31. The topological polar surface area (TPSA) is 103 Å². The van der Waals surface area contributed by atoms with E-state index >= 15 is 0 Å². The Kier molecular flexibility index (Phi) is 2.88. The Balaban J connectivity index is 1.86. The Morgan fingerprint density at radius 1 is 1.47 bits per heavy atom. The van der Waals surface area contributed by atoms with Crippen molar-refractivity contribution in [1.29, 1.82) is 5.26 Å². The van der Waals surface area contributed by atoms with Crippen LogP contribution in [0, 0.1) is 11.3 Å². The van der Waals surface area contributed by atoms with Crippen molar-refractivity contribution >= 4 is 33.7 Å². The first kappa shape index (κ1) is 11.3. The van der Waals surface area contributed by atoms with Crippen LogP contribution in [0.15, 0.2) is 29.8 Å². The largest absolute Gasteiger partial charge is 0.360 e. The number of aromatic amines is 1. The Morgan fingerprint density at radius 2 is 2.42 bits per heavy atom. The van der Waals surface area contributed by atoms with Gasteiger partial charge in [0.05, 0.1) is 5.52 Å². The van der Waals surface area contributed by atoms with E-state index in [4.69, 9.17) is 5.26 Å². The van der Waals surface area contributed by atoms with Gasteiger partial charge >= 0.3 is 0 Å². The molecule has 3 rings (SSSR count). The number of hydrogen-bond donors (Lipinski definition) is 2. The van der Waals surface area contributed by atoms with Gasteiger partial charge in [0.1, 0.15) is 11.6 Å². The molecule has 3 aromatic rings. The fourth-order valence-electron chi connectivity index (χ4n) is 1.53. The molecule has 2 N–H and O–H groups in total. The van der Waals surface area contributed by atoms with Crippen LogP contribution >= 0.6 is 11.5 Å². The normalized spacial score (nSPS) is 11.4. The summed E-state index contributed by atoms with van der Waals surface area (Å²) in [7, 11) is 0. The molecule has 0 unspecified atom stereocenters. The standard InChI is InChI=1S/C11H7N7S/c12-4-8(11-14-17-18-15-11)5-13-9-2-1-7-6-19-16-10(7)3-9/h1-3,5-6,13H,(H,14,15,17,18). The third-order valence-electron chi connectivity index (χ3n) is 2.45. The minimum absolute atomic E-state index is 0.254. The van der Waals surface area contributed by atoms with Crippen LogP contribution in [0.25, 0.3) is 16.5 Å². The van der Waals surface area contributed by atoms with E-state index in [1.54, 1.807) is 6.20 Å². The number of tetrazole rings is 1. The van der Waals surface area contributed by atoms with Crippen LogP contribution in [0.5, 0.6) is 0 Å². The fourth-order valence-corrected chi connectivity index (χ4v) is 2.17. The number of anilines is 1. The summed E-state index contributed by atoms with van der Waals surface area (Å²) in [4.78, 5) is 0. The minimum Gasteiger partial charge on any atom is -0.360 e. The maximum atomic E-state index is 9.02. The molecular formula is C11H7N7S. The third kappa shape index (κ3) is 2.27. The van der Waals surface area contributed by atoms with E-state index in [0.29, 0.717) is 5.57 Å². The fraction of sp³-hybridized carbons (Fsp3) is 0. The minimum atomic E-state index is 0.254. The number of hydrogen-bond acceptors (Lipinski definition) is 7. The van der Waals surface area contributed by atoms with Gasteiger partial charge in [0.2, 0.25) is 5.82 Å². The van der Waals surface area contributed by atoms with Gasteiger partial charge in [0, 0.05) is 22.7 Å². The van der Waals surface area contributed by atoms with Gasteiger partial charge in [-0.3, -0.25) is 0 Å². The SMILES string of the molecule is N#CC(=CNc1ccc2csnc2c1)c1nn[nH]n1. The molecule has 8 heteroatoms. The molecule has 92 valence electrons. The van der Waals surface area contributed by atoms with Gasteiger partial charge in [0.25, 0.3) is 0 Å². The summed E-state index contributed by atoms with van der Waals surface area (Å²) >= 11 is 1.41. The van der Waals surface area contributed by atoms with Gasteiger partial charge in [-0.1, -0.05) is 0 Å². The monoisotopic (exact) mass is 269 g/mol. The van der Waals surface area contributed by atoms with Crippen molar-refractivity contribution in [3.63, 3.8) is 0 Å². The van der Waals surface area contributed by atoms with E-state index < -0.39 is 0 Å². The molecule has 0 fully saturated rings. The van der Waals surface area contributed by atoms with Crippen molar-refractivity contribution in [2.24, 2.45) is 0 Å². The highest BCUT2D eigenvalue weighted by Crippen LogP contribution is 2.20. The second-order valence-corrected chi connectivity index (χ2v) is 4.27. The second kappa shape index (κ2) is 4.83. The first-order chi connectivity index (χ1) is 9.36. The lowest BCUT2D eigenvalue weighted by atomic mass is 10.2. The molecule has 1 aromatic carbocycles. The summed E-state index contributed by atoms with van der Waals surface area (Å²) in [6.45, 7) is 0. The molecule has 0 aliphatic rings. The van der Waals surface area contributed by atoms with Crippen LogP contribution in [-0.4, -0.2) is 25.0 Å². The number of nitrogens with one attached hydrogen (secondary N) is 2. The van der Waals surface area contributed by atoms with Crippen molar-refractivity contribution in [3.8, 4) is 6.07 Å². The van der Waals surface area contributed by atoms with Gasteiger partial charge < -0.3 is 5.32 Å². The highest BCUT2D eigenvalue weighted by Gasteiger charge is 2.05. The van der Waals surface area contributed by atoms with Crippen LogP contribution in [0.3, 0.4) is 0 Å². The number of rotatable bonds is 3. The van der Waals surface area contributed by atoms with Crippen molar-refractivity contribution in [3.05, 3.63) is 35.6 Å². The Labute approximate surface area is 111 Å². The maximum Gasteiger partial charge on any atom is 0.216 e. The molecule has 0 aliphatic carbocycles. The zero-order valence-corrected chi connectivity index (χ0v) is 10.3. The van der Waals surface area contributed by atoms with Crippen LogP contribution < -0.4 is 5.32 Å². The third-order valence-corrected chi connectivity index (χ3v) is 3.11. The molecule has 0 saturated carbocycles. The van der Waals surface area contributed by atoms with Crippen LogP contribution in [0.4, 0.5) is 5.69 Å². The highest BCUT2D eigenvalue weighted by atomic mass is 32.1. The number of nitriles is 1. The van der Waals surface area contributed by atoms with Crippen LogP contribution in [-0.2, 0) is 0 Å². The lowest BCUT2D eigenvalue weighted by Crippen LogP contribution is -1.92. The van der Waals surface area contributed by atoms with Crippen molar-refractivity contribution in [2.45, 2.75) is 0 Å². The van der Waals surface area contributed by atoms with Crippen molar-refractivity contribution in [1.82, 2.24) is 25.0 Å². The molecule has 0 aliphatic heterocycles. The number of aromatic nitrogens is 5. The van der Waals surface area contributed by atoms with Gasteiger partial charge in [-0.25, -0.2) is 0 Å². The molecule has 0 saturated heterocycles. The van der Waals surface area contributed by atoms with E-state index in [-0.39, 0.29) is 5.82 Å². The average molecular weight is 269 g/mol. The Morgan fingerprint density at radius 3 is 3.21 bits per heavy atom. The first-order valence-corrected chi connectivity index (χ1v) is 6.15. The molecule has 0 radical (unpaired) electrons. The van der Waals surface area contributed by atoms with E-state index in [1.807, 2.05) is 29.6 Å². The summed E-state index contributed by atoms with van der Waals surface area (Å²) in [5.41, 5.74) is 2.06. The second-order valence-electron chi connectivity index (χ2n) is 3.64. The van der Waals surface area contributed by atoms with Crippen LogP contribution in [0.2, 0.25) is 0 Å². The molecule has 2 heterocycles. The highest BCUT2D eigenvalue weighted by molar-refractivity contribution is 7.04. The molecule has 19 heavy (non-hydrogen) atoms. The van der Waals surface area contributed by atoms with Gasteiger partial charge in [-0.15, -0.1) is 10.2 Å². The molecule has 7 nitrogen and oxygen atoms in total. The van der Waals surface area contributed by atoms with Crippen molar-refractivity contribution < 1.29 is 0 Å². The summed E-state index contributed by atoms with van der Waals surface area (Å²) in [6, 6.07) is 7.80. The lowest BCUT2D eigenvalue weighted by Gasteiger charge is -2.00. The number of benzene rings is 1. The number of allylic oxidation sites excluding steroid dienone is 1. The van der Waals surface area contributed by atoms with E-state index in [1.165, 1.54) is 11.5 Å². The summed E-state index contributed by atoms with van der Waals surface area (Å²) < 4.78 is 4.25. The number of H-pyrrole nitrogens is 1. The van der Waals surface area contributed by atoms with Crippen LogP contribution in [0.1, 0.15) is 5.82 Å². The molecule has 0 spiro atoms. The lowest BCUT2D eigenvalue weighted by molar-refractivity contribution is 0.881. The molecule has 0 bridgehead atoms. The molecule has 0 amide bonds. The Hall–Kier alpha value is -2.79. The van der Waals surface area contributed by atoms with Gasteiger partial charge in [0.15, 0.2) is 0 Å². The average Bonchev–Trinajstić information content (AvgIpc) is 3.10. The summed E-state index contributed by atoms with van der Waals surface area (Å²) in [5.74, 6) is 0.254. The maximum absolute atomic E-state index is 9.02. The number of fused-ring (bicyclic) bond motifs is 1. The Bertz CT molecular complexity index is 766. The predicted molar refractivity (Wildman–Crippen MR) is 71.0 cm³/mol. The summed E-state index contributed by atoms with van der Waals surface area (Å²) in [6.07, 6.45) is 1.54. The zero-order valence-electron chi connectivity index (χ0n) is 9.53. The predicted octanol–water partition coefficient (Wildman–Crippen LogP) is 1.79. The van der Waals surface area contributed by atoms with E-state index in [2.05, 4.69) is 30.3 Å². The number of nitrogens with zero attached hydrogens (tertiary/aromatic N) is 5. The summed E-state index contributed by atoms with van der Waals surface area (Å²) in [5, 5.41) is 28.4. The van der Waals surface area contributed by atoms with Gasteiger partial charge in [-0.05, 0) is 34.9 Å². The van der Waals surface area contributed by atoms with Crippen molar-refractivity contribution in [2.75, 3.05) is 5.32 Å². The molecule has 0 atom stereocenters. The van der Waals surface area contributed by atoms with E-state index in [0.717, 1.165) is 16.6 Å². The molecular weight excluding hydrogens is 262 g/mol.